The number of hydrogen-bond acceptors (Lipinski definition) is 3. The molecule has 6 heteroatoms. The number of urea groups is 1. The highest BCUT2D eigenvalue weighted by molar-refractivity contribution is 5.75. The van der Waals surface area contributed by atoms with Crippen LogP contribution in [0.15, 0.2) is 42.5 Å². The van der Waals surface area contributed by atoms with Gasteiger partial charge >= 0.3 is 6.03 Å². The Morgan fingerprint density at radius 1 is 1.36 bits per heavy atom. The summed E-state index contributed by atoms with van der Waals surface area (Å²) in [5, 5.41) is 21.2. The maximum Gasteiger partial charge on any atom is 0.318 e. The number of halogens is 1. The van der Waals surface area contributed by atoms with Crippen LogP contribution in [-0.4, -0.2) is 29.2 Å². The monoisotopic (exact) mass is 339 g/mol. The SMILES string of the molecule is N#Cc1ccc(CNC(=O)N2CCc3ccccc3[C@H]2CO)c(F)c1. The van der Waals surface area contributed by atoms with Crippen molar-refractivity contribution in [1.82, 2.24) is 10.2 Å². The van der Waals surface area contributed by atoms with Crippen molar-refractivity contribution in [3.8, 4) is 6.07 Å². The van der Waals surface area contributed by atoms with E-state index in [4.69, 9.17) is 5.26 Å². The summed E-state index contributed by atoms with van der Waals surface area (Å²) in [6.07, 6.45) is 0.714. The highest BCUT2D eigenvalue weighted by Crippen LogP contribution is 2.29. The molecule has 0 fully saturated rings. The van der Waals surface area contributed by atoms with E-state index in [9.17, 15) is 14.3 Å². The number of carbonyl (C=O) groups excluding carboxylic acids is 1. The van der Waals surface area contributed by atoms with Crippen LogP contribution in [0.4, 0.5) is 9.18 Å². The van der Waals surface area contributed by atoms with Gasteiger partial charge in [-0.3, -0.25) is 0 Å². The summed E-state index contributed by atoms with van der Waals surface area (Å²) in [4.78, 5) is 14.1. The highest BCUT2D eigenvalue weighted by atomic mass is 19.1. The molecule has 1 aliphatic heterocycles. The predicted octanol–water partition coefficient (Wildman–Crippen LogP) is 2.50. The van der Waals surface area contributed by atoms with E-state index in [2.05, 4.69) is 5.32 Å². The number of benzene rings is 2. The molecule has 2 aromatic rings. The summed E-state index contributed by atoms with van der Waals surface area (Å²) >= 11 is 0. The summed E-state index contributed by atoms with van der Waals surface area (Å²) in [6.45, 7) is 0.340. The van der Waals surface area contributed by atoms with E-state index in [1.54, 1.807) is 4.90 Å². The molecule has 1 heterocycles. The van der Waals surface area contributed by atoms with Crippen molar-refractivity contribution in [2.45, 2.75) is 19.0 Å². The highest BCUT2D eigenvalue weighted by Gasteiger charge is 2.29. The second kappa shape index (κ2) is 7.32. The van der Waals surface area contributed by atoms with Crippen molar-refractivity contribution in [3.63, 3.8) is 0 Å². The van der Waals surface area contributed by atoms with Gasteiger partial charge < -0.3 is 15.3 Å². The fourth-order valence-corrected chi connectivity index (χ4v) is 3.12. The third kappa shape index (κ3) is 3.47. The lowest BCUT2D eigenvalue weighted by atomic mass is 9.93. The van der Waals surface area contributed by atoms with Crippen LogP contribution >= 0.6 is 0 Å². The Bertz CT molecular complexity index is 832. The maximum absolute atomic E-state index is 13.9. The van der Waals surface area contributed by atoms with Crippen molar-refractivity contribution in [2.75, 3.05) is 13.2 Å². The van der Waals surface area contributed by atoms with Gasteiger partial charge in [-0.1, -0.05) is 30.3 Å². The van der Waals surface area contributed by atoms with E-state index in [0.29, 0.717) is 18.5 Å². The van der Waals surface area contributed by atoms with Gasteiger partial charge in [-0.05, 0) is 29.7 Å². The number of nitrogens with zero attached hydrogens (tertiary/aromatic N) is 2. The van der Waals surface area contributed by atoms with Gasteiger partial charge in [0, 0.05) is 18.7 Å². The molecule has 1 aliphatic rings. The zero-order valence-corrected chi connectivity index (χ0v) is 13.6. The number of hydrogen-bond donors (Lipinski definition) is 2. The number of carbonyl (C=O) groups is 1. The van der Waals surface area contributed by atoms with E-state index < -0.39 is 11.9 Å². The lowest BCUT2D eigenvalue weighted by molar-refractivity contribution is 0.126. The molecule has 0 saturated carbocycles. The summed E-state index contributed by atoms with van der Waals surface area (Å²) < 4.78 is 13.9. The van der Waals surface area contributed by atoms with Crippen LogP contribution in [0.1, 0.15) is 28.3 Å². The topological polar surface area (TPSA) is 76.4 Å². The van der Waals surface area contributed by atoms with Crippen molar-refractivity contribution >= 4 is 6.03 Å². The average Bonchev–Trinajstić information content (AvgIpc) is 2.65. The average molecular weight is 339 g/mol. The van der Waals surface area contributed by atoms with Gasteiger partial charge in [0.2, 0.25) is 0 Å². The fourth-order valence-electron chi connectivity index (χ4n) is 3.12. The Morgan fingerprint density at radius 2 is 2.16 bits per heavy atom. The van der Waals surface area contributed by atoms with Crippen LogP contribution in [0.3, 0.4) is 0 Å². The standard InChI is InChI=1S/C19H18FN3O2/c20-17-9-13(10-21)5-6-15(17)11-22-19(25)23-8-7-14-3-1-2-4-16(14)18(23)12-24/h1-6,9,18,24H,7-8,11-12H2,(H,22,25)/t18-/m1/s1. The van der Waals surface area contributed by atoms with Crippen LogP contribution in [0.5, 0.6) is 0 Å². The van der Waals surface area contributed by atoms with Gasteiger partial charge in [0.1, 0.15) is 5.82 Å². The zero-order valence-electron chi connectivity index (χ0n) is 13.6. The fraction of sp³-hybridized carbons (Fsp3) is 0.263. The Kier molecular flexibility index (Phi) is 4.96. The summed E-state index contributed by atoms with van der Waals surface area (Å²) in [6, 6.07) is 13.0. The van der Waals surface area contributed by atoms with Gasteiger partial charge in [0.25, 0.3) is 0 Å². The first-order valence-electron chi connectivity index (χ1n) is 8.05. The van der Waals surface area contributed by atoms with Gasteiger partial charge in [-0.15, -0.1) is 0 Å². The molecule has 0 aliphatic carbocycles. The Hall–Kier alpha value is -2.91. The zero-order chi connectivity index (χ0) is 17.8. The van der Waals surface area contributed by atoms with E-state index in [-0.39, 0.29) is 24.7 Å². The normalized spacial score (nSPS) is 16.0. The number of aliphatic hydroxyl groups excluding tert-OH is 1. The van der Waals surface area contributed by atoms with E-state index in [1.807, 2.05) is 30.3 Å². The Morgan fingerprint density at radius 3 is 2.88 bits per heavy atom. The summed E-state index contributed by atoms with van der Waals surface area (Å²) in [7, 11) is 0. The minimum Gasteiger partial charge on any atom is -0.394 e. The van der Waals surface area contributed by atoms with Crippen molar-refractivity contribution < 1.29 is 14.3 Å². The predicted molar refractivity (Wildman–Crippen MR) is 90.0 cm³/mol. The molecule has 2 N–H and O–H groups in total. The van der Waals surface area contributed by atoms with E-state index >= 15 is 0 Å². The number of nitriles is 1. The van der Waals surface area contributed by atoms with Gasteiger partial charge in [-0.2, -0.15) is 5.26 Å². The van der Waals surface area contributed by atoms with E-state index in [0.717, 1.165) is 17.2 Å². The Balaban J connectivity index is 1.70. The number of nitrogens with one attached hydrogen (secondary N) is 1. The van der Waals surface area contributed by atoms with Crippen LogP contribution < -0.4 is 5.32 Å². The molecule has 0 radical (unpaired) electrons. The molecule has 0 saturated heterocycles. The molecule has 0 spiro atoms. The molecular weight excluding hydrogens is 321 g/mol. The number of rotatable bonds is 3. The number of aliphatic hydroxyl groups is 1. The van der Waals surface area contributed by atoms with Crippen molar-refractivity contribution in [1.29, 1.82) is 5.26 Å². The molecule has 0 aromatic heterocycles. The summed E-state index contributed by atoms with van der Waals surface area (Å²) in [5.41, 5.74) is 2.62. The smallest absolute Gasteiger partial charge is 0.318 e. The van der Waals surface area contributed by atoms with Crippen molar-refractivity contribution in [2.24, 2.45) is 0 Å². The third-order valence-corrected chi connectivity index (χ3v) is 4.46. The molecule has 5 nitrogen and oxygen atoms in total. The van der Waals surface area contributed by atoms with Crippen LogP contribution in [-0.2, 0) is 13.0 Å². The van der Waals surface area contributed by atoms with Gasteiger partial charge in [0.05, 0.1) is 24.3 Å². The molecule has 1 atom stereocenters. The first-order chi connectivity index (χ1) is 12.1. The molecule has 0 bridgehead atoms. The number of fused-ring (bicyclic) bond motifs is 1. The molecule has 2 aromatic carbocycles. The van der Waals surface area contributed by atoms with Crippen LogP contribution in [0.2, 0.25) is 0 Å². The molecule has 3 rings (SSSR count). The van der Waals surface area contributed by atoms with E-state index in [1.165, 1.54) is 12.1 Å². The minimum absolute atomic E-state index is 0.0205. The largest absolute Gasteiger partial charge is 0.394 e. The molecule has 25 heavy (non-hydrogen) atoms. The van der Waals surface area contributed by atoms with Crippen LogP contribution in [0.25, 0.3) is 0 Å². The van der Waals surface area contributed by atoms with Crippen LogP contribution in [0, 0.1) is 17.1 Å². The molecular formula is C19H18FN3O2. The van der Waals surface area contributed by atoms with Gasteiger partial charge in [-0.25, -0.2) is 9.18 Å². The quantitative estimate of drug-likeness (QED) is 0.902. The number of amides is 2. The first kappa shape index (κ1) is 16.9. The minimum atomic E-state index is -0.526. The second-order valence-corrected chi connectivity index (χ2v) is 5.92. The lowest BCUT2D eigenvalue weighted by Gasteiger charge is -2.36. The molecule has 2 amide bonds. The summed E-state index contributed by atoms with van der Waals surface area (Å²) in [5.74, 6) is -0.526. The van der Waals surface area contributed by atoms with Gasteiger partial charge in [0.15, 0.2) is 0 Å². The first-order valence-corrected chi connectivity index (χ1v) is 8.05. The second-order valence-electron chi connectivity index (χ2n) is 5.92. The Labute approximate surface area is 145 Å². The molecule has 0 unspecified atom stereocenters. The lowest BCUT2D eigenvalue weighted by Crippen LogP contribution is -2.46. The van der Waals surface area contributed by atoms with Crippen molar-refractivity contribution in [3.05, 3.63) is 70.5 Å². The maximum atomic E-state index is 13.9. The third-order valence-electron chi connectivity index (χ3n) is 4.46. The molecule has 128 valence electrons.